The standard InChI is InChI=1S/C12H16ClN3O/c13-9-7-15-6-5-8(9)12(17)16-11-4-2-1-3-10(11)14/h5-7,10-11H,1-4,14H2,(H,16,17)/t10-,11-/m1/s1. The minimum absolute atomic E-state index is 0.0494. The van der Waals surface area contributed by atoms with E-state index in [1.54, 1.807) is 12.3 Å². The number of rotatable bonds is 2. The average Bonchev–Trinajstić information content (AvgIpc) is 2.32. The largest absolute Gasteiger partial charge is 0.348 e. The first kappa shape index (κ1) is 12.3. The van der Waals surface area contributed by atoms with Crippen LogP contribution < -0.4 is 11.1 Å². The van der Waals surface area contributed by atoms with E-state index in [4.69, 9.17) is 17.3 Å². The van der Waals surface area contributed by atoms with Crippen LogP contribution in [0.5, 0.6) is 0 Å². The SMILES string of the molecule is N[C@@H]1CCCC[C@H]1NC(=O)c1ccncc1Cl. The van der Waals surface area contributed by atoms with Crippen molar-refractivity contribution >= 4 is 17.5 Å². The third kappa shape index (κ3) is 2.96. The smallest absolute Gasteiger partial charge is 0.253 e. The first-order chi connectivity index (χ1) is 8.18. The lowest BCUT2D eigenvalue weighted by Gasteiger charge is -2.29. The zero-order valence-electron chi connectivity index (χ0n) is 9.53. The lowest BCUT2D eigenvalue weighted by atomic mass is 9.91. The highest BCUT2D eigenvalue weighted by atomic mass is 35.5. The minimum atomic E-state index is -0.167. The van der Waals surface area contributed by atoms with Crippen LogP contribution in [0.4, 0.5) is 0 Å². The van der Waals surface area contributed by atoms with Gasteiger partial charge in [-0.05, 0) is 18.9 Å². The Morgan fingerprint density at radius 1 is 1.47 bits per heavy atom. The molecule has 0 saturated heterocycles. The van der Waals surface area contributed by atoms with Gasteiger partial charge in [-0.3, -0.25) is 9.78 Å². The summed E-state index contributed by atoms with van der Waals surface area (Å²) in [6.45, 7) is 0. The zero-order chi connectivity index (χ0) is 12.3. The maximum absolute atomic E-state index is 12.0. The van der Waals surface area contributed by atoms with E-state index in [1.165, 1.54) is 6.20 Å². The predicted molar refractivity (Wildman–Crippen MR) is 66.9 cm³/mol. The second-order valence-corrected chi connectivity index (χ2v) is 4.79. The first-order valence-corrected chi connectivity index (χ1v) is 6.22. The normalized spacial score (nSPS) is 24.4. The minimum Gasteiger partial charge on any atom is -0.348 e. The number of nitrogens with zero attached hydrogens (tertiary/aromatic N) is 1. The third-order valence-electron chi connectivity index (χ3n) is 3.15. The van der Waals surface area contributed by atoms with Crippen LogP contribution >= 0.6 is 11.6 Å². The van der Waals surface area contributed by atoms with E-state index < -0.39 is 0 Å². The van der Waals surface area contributed by atoms with Crippen molar-refractivity contribution in [3.8, 4) is 0 Å². The lowest BCUT2D eigenvalue weighted by molar-refractivity contribution is 0.0921. The van der Waals surface area contributed by atoms with Gasteiger partial charge in [0.1, 0.15) is 0 Å². The molecule has 1 aromatic heterocycles. The van der Waals surface area contributed by atoms with E-state index in [2.05, 4.69) is 10.3 Å². The van der Waals surface area contributed by atoms with Crippen molar-refractivity contribution in [1.82, 2.24) is 10.3 Å². The number of aromatic nitrogens is 1. The highest BCUT2D eigenvalue weighted by molar-refractivity contribution is 6.33. The highest BCUT2D eigenvalue weighted by Crippen LogP contribution is 2.18. The van der Waals surface area contributed by atoms with E-state index in [1.807, 2.05) is 0 Å². The molecule has 5 heteroatoms. The molecule has 1 aliphatic carbocycles. The van der Waals surface area contributed by atoms with Crippen molar-refractivity contribution in [1.29, 1.82) is 0 Å². The molecule has 4 nitrogen and oxygen atoms in total. The van der Waals surface area contributed by atoms with Gasteiger partial charge < -0.3 is 11.1 Å². The van der Waals surface area contributed by atoms with Gasteiger partial charge in [-0.15, -0.1) is 0 Å². The van der Waals surface area contributed by atoms with E-state index >= 15 is 0 Å². The fraction of sp³-hybridized carbons (Fsp3) is 0.500. The Bertz CT molecular complexity index is 410. The molecule has 0 spiro atoms. The molecule has 1 amide bonds. The van der Waals surface area contributed by atoms with Crippen LogP contribution in [0.2, 0.25) is 5.02 Å². The van der Waals surface area contributed by atoms with Crippen molar-refractivity contribution < 1.29 is 4.79 Å². The van der Waals surface area contributed by atoms with Crippen molar-refractivity contribution in [3.63, 3.8) is 0 Å². The Labute approximate surface area is 106 Å². The molecule has 0 unspecified atom stereocenters. The van der Waals surface area contributed by atoms with Gasteiger partial charge in [0.05, 0.1) is 10.6 Å². The topological polar surface area (TPSA) is 68.0 Å². The summed E-state index contributed by atoms with van der Waals surface area (Å²) < 4.78 is 0. The summed E-state index contributed by atoms with van der Waals surface area (Å²) >= 11 is 5.92. The molecular formula is C12H16ClN3O. The number of hydrogen-bond donors (Lipinski definition) is 2. The average molecular weight is 254 g/mol. The van der Waals surface area contributed by atoms with Gasteiger partial charge in [-0.1, -0.05) is 24.4 Å². The van der Waals surface area contributed by atoms with Crippen molar-refractivity contribution in [2.24, 2.45) is 5.73 Å². The molecule has 1 aliphatic rings. The molecule has 17 heavy (non-hydrogen) atoms. The van der Waals surface area contributed by atoms with Crippen LogP contribution in [-0.2, 0) is 0 Å². The summed E-state index contributed by atoms with van der Waals surface area (Å²) in [5.41, 5.74) is 6.44. The molecular weight excluding hydrogens is 238 g/mol. The monoisotopic (exact) mass is 253 g/mol. The predicted octanol–water partition coefficient (Wildman–Crippen LogP) is 1.73. The van der Waals surface area contributed by atoms with Gasteiger partial charge in [-0.25, -0.2) is 0 Å². The molecule has 0 aliphatic heterocycles. The molecule has 1 heterocycles. The number of pyridine rings is 1. The lowest BCUT2D eigenvalue weighted by Crippen LogP contribution is -2.49. The molecule has 0 radical (unpaired) electrons. The second kappa shape index (κ2) is 5.47. The van der Waals surface area contributed by atoms with Crippen LogP contribution in [0.3, 0.4) is 0 Å². The van der Waals surface area contributed by atoms with E-state index in [0.29, 0.717) is 10.6 Å². The molecule has 0 bridgehead atoms. The molecule has 2 rings (SSSR count). The molecule has 1 fully saturated rings. The summed E-state index contributed by atoms with van der Waals surface area (Å²) in [7, 11) is 0. The van der Waals surface area contributed by atoms with Crippen LogP contribution in [0, 0.1) is 0 Å². The maximum atomic E-state index is 12.0. The number of nitrogens with two attached hydrogens (primary N) is 1. The summed E-state index contributed by atoms with van der Waals surface area (Å²) in [5.74, 6) is -0.167. The maximum Gasteiger partial charge on any atom is 0.253 e. The second-order valence-electron chi connectivity index (χ2n) is 4.38. The van der Waals surface area contributed by atoms with Gasteiger partial charge in [0.25, 0.3) is 5.91 Å². The van der Waals surface area contributed by atoms with E-state index in [9.17, 15) is 4.79 Å². The highest BCUT2D eigenvalue weighted by Gasteiger charge is 2.24. The number of carbonyl (C=O) groups is 1. The molecule has 1 saturated carbocycles. The molecule has 0 aromatic carbocycles. The number of nitrogens with one attached hydrogen (secondary N) is 1. The fourth-order valence-corrected chi connectivity index (χ4v) is 2.35. The number of carbonyl (C=O) groups excluding carboxylic acids is 1. The first-order valence-electron chi connectivity index (χ1n) is 5.84. The van der Waals surface area contributed by atoms with Crippen LogP contribution in [0.15, 0.2) is 18.5 Å². The van der Waals surface area contributed by atoms with Gasteiger partial charge in [-0.2, -0.15) is 0 Å². The quantitative estimate of drug-likeness (QED) is 0.844. The van der Waals surface area contributed by atoms with Crippen LogP contribution in [-0.4, -0.2) is 23.0 Å². The Morgan fingerprint density at radius 3 is 2.94 bits per heavy atom. The molecule has 1 aromatic rings. The van der Waals surface area contributed by atoms with Crippen molar-refractivity contribution in [3.05, 3.63) is 29.0 Å². The van der Waals surface area contributed by atoms with E-state index in [-0.39, 0.29) is 18.0 Å². The summed E-state index contributed by atoms with van der Waals surface area (Å²) in [4.78, 5) is 15.9. The van der Waals surface area contributed by atoms with Gasteiger partial charge in [0.15, 0.2) is 0 Å². The number of halogens is 1. The Kier molecular flexibility index (Phi) is 3.97. The Morgan fingerprint density at radius 2 is 2.24 bits per heavy atom. The number of amides is 1. The van der Waals surface area contributed by atoms with Crippen molar-refractivity contribution in [2.75, 3.05) is 0 Å². The summed E-state index contributed by atoms with van der Waals surface area (Å²) in [6.07, 6.45) is 7.19. The van der Waals surface area contributed by atoms with Crippen molar-refractivity contribution in [2.45, 2.75) is 37.8 Å². The summed E-state index contributed by atoms with van der Waals surface area (Å²) in [6, 6.07) is 1.72. The third-order valence-corrected chi connectivity index (χ3v) is 3.45. The van der Waals surface area contributed by atoms with Crippen LogP contribution in [0.25, 0.3) is 0 Å². The molecule has 3 N–H and O–H groups in total. The van der Waals surface area contributed by atoms with E-state index in [0.717, 1.165) is 25.7 Å². The zero-order valence-corrected chi connectivity index (χ0v) is 10.3. The fourth-order valence-electron chi connectivity index (χ4n) is 2.14. The summed E-state index contributed by atoms with van der Waals surface area (Å²) in [5, 5.41) is 3.32. The molecule has 92 valence electrons. The van der Waals surface area contributed by atoms with Crippen LogP contribution in [0.1, 0.15) is 36.0 Å². The van der Waals surface area contributed by atoms with Gasteiger partial charge >= 0.3 is 0 Å². The Hall–Kier alpha value is -1.13. The van der Waals surface area contributed by atoms with Gasteiger partial charge in [0, 0.05) is 24.5 Å². The Balaban J connectivity index is 2.04. The number of hydrogen-bond acceptors (Lipinski definition) is 3. The van der Waals surface area contributed by atoms with Gasteiger partial charge in [0.2, 0.25) is 0 Å². The molecule has 2 atom stereocenters.